The lowest BCUT2D eigenvalue weighted by atomic mass is 10.1. The molecule has 0 atom stereocenters. The molecule has 0 saturated heterocycles. The maximum Gasteiger partial charge on any atom is 0.454 e. The van der Waals surface area contributed by atoms with Gasteiger partial charge >= 0.3 is 6.18 Å². The number of carbonyl (C=O) groups excluding carboxylic acids is 1. The first kappa shape index (κ1) is 12.4. The third-order valence-corrected chi connectivity index (χ3v) is 1.98. The number of halogens is 4. The predicted molar refractivity (Wildman–Crippen MR) is 48.5 cm³/mol. The van der Waals surface area contributed by atoms with E-state index < -0.39 is 28.1 Å². The van der Waals surface area contributed by atoms with E-state index in [2.05, 4.69) is 0 Å². The second kappa shape index (κ2) is 4.09. The standard InChI is InChI=1S/C8H3ClF3NO3/c9-5-2-1-4(3-6(5)13(15)16)7(14)8(10,11)12/h1-3H. The summed E-state index contributed by atoms with van der Waals surface area (Å²) in [5, 5.41) is 10.0. The molecule has 0 fully saturated rings. The highest BCUT2D eigenvalue weighted by atomic mass is 35.5. The number of nitro benzene ring substituents is 1. The molecule has 86 valence electrons. The number of nitro groups is 1. The van der Waals surface area contributed by atoms with Gasteiger partial charge in [-0.3, -0.25) is 14.9 Å². The smallest absolute Gasteiger partial charge is 0.284 e. The minimum Gasteiger partial charge on any atom is -0.284 e. The third-order valence-electron chi connectivity index (χ3n) is 1.66. The molecule has 8 heteroatoms. The topological polar surface area (TPSA) is 60.2 Å². The van der Waals surface area contributed by atoms with E-state index in [4.69, 9.17) is 11.6 Å². The maximum atomic E-state index is 12.0. The Morgan fingerprint density at radius 2 is 1.94 bits per heavy atom. The highest BCUT2D eigenvalue weighted by Crippen LogP contribution is 2.28. The molecule has 0 aromatic heterocycles. The molecule has 0 N–H and O–H groups in total. The lowest BCUT2D eigenvalue weighted by molar-refractivity contribution is -0.384. The van der Waals surface area contributed by atoms with Crippen molar-refractivity contribution in [1.82, 2.24) is 0 Å². The van der Waals surface area contributed by atoms with Gasteiger partial charge in [-0.1, -0.05) is 11.6 Å². The highest BCUT2D eigenvalue weighted by molar-refractivity contribution is 6.32. The average Bonchev–Trinajstić information content (AvgIpc) is 2.15. The number of nitrogens with zero attached hydrogens (tertiary/aromatic N) is 1. The van der Waals surface area contributed by atoms with E-state index in [1.807, 2.05) is 0 Å². The summed E-state index contributed by atoms with van der Waals surface area (Å²) in [4.78, 5) is 20.2. The highest BCUT2D eigenvalue weighted by Gasteiger charge is 2.39. The lowest BCUT2D eigenvalue weighted by Crippen LogP contribution is -2.22. The van der Waals surface area contributed by atoms with Crippen LogP contribution in [-0.2, 0) is 0 Å². The van der Waals surface area contributed by atoms with Gasteiger partial charge in [-0.25, -0.2) is 0 Å². The summed E-state index contributed by atoms with van der Waals surface area (Å²) in [7, 11) is 0. The predicted octanol–water partition coefficient (Wildman–Crippen LogP) is 2.99. The molecule has 16 heavy (non-hydrogen) atoms. The van der Waals surface area contributed by atoms with Crippen LogP contribution in [0, 0.1) is 10.1 Å². The quantitative estimate of drug-likeness (QED) is 0.462. The number of rotatable bonds is 2. The number of hydrogen-bond acceptors (Lipinski definition) is 3. The maximum absolute atomic E-state index is 12.0. The molecule has 1 aromatic carbocycles. The van der Waals surface area contributed by atoms with Crippen LogP contribution in [0.1, 0.15) is 10.4 Å². The second-order valence-electron chi connectivity index (χ2n) is 2.75. The van der Waals surface area contributed by atoms with Gasteiger partial charge in [0.25, 0.3) is 11.5 Å². The monoisotopic (exact) mass is 253 g/mol. The Labute approximate surface area is 91.8 Å². The molecule has 0 aliphatic heterocycles. The van der Waals surface area contributed by atoms with Crippen LogP contribution in [0.4, 0.5) is 18.9 Å². The summed E-state index contributed by atoms with van der Waals surface area (Å²) in [6.45, 7) is 0. The third kappa shape index (κ3) is 2.48. The van der Waals surface area contributed by atoms with Crippen molar-refractivity contribution in [1.29, 1.82) is 0 Å². The van der Waals surface area contributed by atoms with Crippen molar-refractivity contribution in [3.8, 4) is 0 Å². The molecule has 0 aliphatic carbocycles. The van der Waals surface area contributed by atoms with Crippen LogP contribution < -0.4 is 0 Å². The summed E-state index contributed by atoms with van der Waals surface area (Å²) in [6, 6.07) is 2.15. The van der Waals surface area contributed by atoms with Gasteiger partial charge in [0.05, 0.1) is 4.92 Å². The number of hydrogen-bond donors (Lipinski definition) is 0. The molecule has 1 rings (SSSR count). The fourth-order valence-corrected chi connectivity index (χ4v) is 1.14. The molecule has 0 amide bonds. The molecule has 1 aromatic rings. The minimum atomic E-state index is -5.07. The molecule has 0 saturated carbocycles. The molecule has 0 spiro atoms. The van der Waals surface area contributed by atoms with Crippen LogP contribution >= 0.6 is 11.6 Å². The number of benzene rings is 1. The molecular formula is C8H3ClF3NO3. The Bertz CT molecular complexity index is 458. The van der Waals surface area contributed by atoms with Crippen molar-refractivity contribution in [2.75, 3.05) is 0 Å². The largest absolute Gasteiger partial charge is 0.454 e. The summed E-state index contributed by atoms with van der Waals surface area (Å²) < 4.78 is 36.0. The Kier molecular flexibility index (Phi) is 3.18. The Morgan fingerprint density at radius 1 is 1.38 bits per heavy atom. The van der Waals surface area contributed by atoms with Crippen molar-refractivity contribution >= 4 is 23.1 Å². The fraction of sp³-hybridized carbons (Fsp3) is 0.125. The first-order valence-corrected chi connectivity index (χ1v) is 4.16. The minimum absolute atomic E-state index is 0.330. The van der Waals surface area contributed by atoms with Gasteiger partial charge in [0.2, 0.25) is 0 Å². The normalized spacial score (nSPS) is 11.2. The Hall–Kier alpha value is -1.63. The van der Waals surface area contributed by atoms with Crippen LogP contribution in [0.3, 0.4) is 0 Å². The van der Waals surface area contributed by atoms with Crippen LogP contribution in [-0.4, -0.2) is 16.9 Å². The molecule has 0 radical (unpaired) electrons. The van der Waals surface area contributed by atoms with Crippen LogP contribution in [0.25, 0.3) is 0 Å². The van der Waals surface area contributed by atoms with Gasteiger partial charge in [-0.15, -0.1) is 0 Å². The Morgan fingerprint density at radius 3 is 2.38 bits per heavy atom. The first-order valence-electron chi connectivity index (χ1n) is 3.79. The van der Waals surface area contributed by atoms with Crippen molar-refractivity contribution in [3.05, 3.63) is 38.9 Å². The summed E-state index contributed by atoms with van der Waals surface area (Å²) >= 11 is 5.38. The fourth-order valence-electron chi connectivity index (χ4n) is 0.957. The molecule has 0 bridgehead atoms. The molecule has 0 unspecified atom stereocenters. The van der Waals surface area contributed by atoms with E-state index in [1.165, 1.54) is 0 Å². The lowest BCUT2D eigenvalue weighted by Gasteiger charge is -2.05. The van der Waals surface area contributed by atoms with E-state index in [-0.39, 0.29) is 5.02 Å². The SMILES string of the molecule is O=C(c1ccc(Cl)c([N+](=O)[O-])c1)C(F)(F)F. The van der Waals surface area contributed by atoms with E-state index >= 15 is 0 Å². The number of Topliss-reactive ketones (excluding diaryl/α,β-unsaturated/α-hetero) is 1. The van der Waals surface area contributed by atoms with Crippen molar-refractivity contribution in [3.63, 3.8) is 0 Å². The number of ketones is 1. The number of carbonyl (C=O) groups is 1. The van der Waals surface area contributed by atoms with Gasteiger partial charge in [-0.05, 0) is 12.1 Å². The van der Waals surface area contributed by atoms with Gasteiger partial charge in [0, 0.05) is 11.6 Å². The zero-order valence-electron chi connectivity index (χ0n) is 7.42. The van der Waals surface area contributed by atoms with Crippen molar-refractivity contribution in [2.24, 2.45) is 0 Å². The van der Waals surface area contributed by atoms with Gasteiger partial charge in [0.15, 0.2) is 0 Å². The molecular weight excluding hydrogens is 251 g/mol. The van der Waals surface area contributed by atoms with Gasteiger partial charge < -0.3 is 0 Å². The number of alkyl halides is 3. The van der Waals surface area contributed by atoms with Crippen LogP contribution in [0.5, 0.6) is 0 Å². The summed E-state index contributed by atoms with van der Waals surface area (Å²) in [5.74, 6) is -2.15. The van der Waals surface area contributed by atoms with Crippen LogP contribution in [0.15, 0.2) is 18.2 Å². The van der Waals surface area contributed by atoms with E-state index in [0.717, 1.165) is 12.1 Å². The molecule has 0 aliphatic rings. The second-order valence-corrected chi connectivity index (χ2v) is 3.16. The molecule has 0 heterocycles. The zero-order valence-corrected chi connectivity index (χ0v) is 8.17. The molecule has 4 nitrogen and oxygen atoms in total. The van der Waals surface area contributed by atoms with Crippen molar-refractivity contribution in [2.45, 2.75) is 6.18 Å². The summed E-state index contributed by atoms with van der Waals surface area (Å²) in [6.07, 6.45) is -5.07. The average molecular weight is 254 g/mol. The first-order chi connectivity index (χ1) is 7.23. The zero-order chi connectivity index (χ0) is 12.5. The van der Waals surface area contributed by atoms with E-state index in [0.29, 0.717) is 6.07 Å². The van der Waals surface area contributed by atoms with E-state index in [9.17, 15) is 28.1 Å². The van der Waals surface area contributed by atoms with Crippen LogP contribution in [0.2, 0.25) is 5.02 Å². The van der Waals surface area contributed by atoms with E-state index in [1.54, 1.807) is 0 Å². The summed E-state index contributed by atoms with van der Waals surface area (Å²) in [5.41, 5.74) is -1.56. The van der Waals surface area contributed by atoms with Gasteiger partial charge in [0.1, 0.15) is 5.02 Å². The van der Waals surface area contributed by atoms with Gasteiger partial charge in [-0.2, -0.15) is 13.2 Å². The Balaban J connectivity index is 3.24. The van der Waals surface area contributed by atoms with Crippen molar-refractivity contribution < 1.29 is 22.9 Å².